The number of hydrogen-bond donors (Lipinski definition) is 2. The Morgan fingerprint density at radius 3 is 2.87 bits per heavy atom. The average Bonchev–Trinajstić information content (AvgIpc) is 2.20. The minimum atomic E-state index is -0.300. The van der Waals surface area contributed by atoms with E-state index >= 15 is 0 Å². The number of ether oxygens (including phenoxy) is 1. The fraction of sp³-hybridized carbons (Fsp3) is 0.400. The molecular formula is C10H13BrFNO2. The molecule has 0 radical (unpaired) electrons. The van der Waals surface area contributed by atoms with Crippen molar-refractivity contribution in [3.8, 4) is 0 Å². The maximum absolute atomic E-state index is 13.3. The quantitative estimate of drug-likeness (QED) is 0.782. The van der Waals surface area contributed by atoms with Crippen molar-refractivity contribution in [2.45, 2.75) is 0 Å². The summed E-state index contributed by atoms with van der Waals surface area (Å²) in [7, 11) is 0. The largest absolute Gasteiger partial charge is 0.394 e. The van der Waals surface area contributed by atoms with E-state index in [2.05, 4.69) is 21.2 Å². The van der Waals surface area contributed by atoms with Gasteiger partial charge in [0.1, 0.15) is 5.82 Å². The second kappa shape index (κ2) is 6.76. The maximum atomic E-state index is 13.3. The molecule has 0 heterocycles. The van der Waals surface area contributed by atoms with Gasteiger partial charge >= 0.3 is 0 Å². The van der Waals surface area contributed by atoms with Crippen LogP contribution >= 0.6 is 15.9 Å². The molecule has 3 nitrogen and oxygen atoms in total. The molecule has 0 saturated carbocycles. The lowest BCUT2D eigenvalue weighted by atomic mass is 10.3. The molecule has 5 heteroatoms. The van der Waals surface area contributed by atoms with Crippen molar-refractivity contribution in [1.82, 2.24) is 0 Å². The van der Waals surface area contributed by atoms with E-state index in [1.165, 1.54) is 6.07 Å². The van der Waals surface area contributed by atoms with Gasteiger partial charge in [-0.1, -0.05) is 15.9 Å². The van der Waals surface area contributed by atoms with Crippen molar-refractivity contribution < 1.29 is 14.2 Å². The van der Waals surface area contributed by atoms with Crippen LogP contribution in [0.15, 0.2) is 22.7 Å². The summed E-state index contributed by atoms with van der Waals surface area (Å²) in [5.74, 6) is -0.300. The molecule has 0 spiro atoms. The second-order valence-electron chi connectivity index (χ2n) is 2.89. The number of aliphatic hydroxyl groups is 1. The first-order valence-electron chi connectivity index (χ1n) is 4.61. The number of halogens is 2. The van der Waals surface area contributed by atoms with Crippen molar-refractivity contribution in [2.24, 2.45) is 0 Å². The molecule has 2 N–H and O–H groups in total. The Bertz CT molecular complexity index is 309. The summed E-state index contributed by atoms with van der Waals surface area (Å²) in [6, 6.07) is 4.82. The highest BCUT2D eigenvalue weighted by atomic mass is 79.9. The molecule has 0 aliphatic heterocycles. The number of nitrogens with one attached hydrogen (secondary N) is 1. The van der Waals surface area contributed by atoms with Gasteiger partial charge in [0, 0.05) is 11.0 Å². The first-order valence-corrected chi connectivity index (χ1v) is 5.41. The molecule has 0 atom stereocenters. The van der Waals surface area contributed by atoms with Gasteiger partial charge in [0.05, 0.1) is 25.5 Å². The zero-order chi connectivity index (χ0) is 11.1. The Balaban J connectivity index is 2.31. The fourth-order valence-electron chi connectivity index (χ4n) is 1.06. The molecule has 1 aromatic rings. The van der Waals surface area contributed by atoms with E-state index in [-0.39, 0.29) is 12.4 Å². The highest BCUT2D eigenvalue weighted by molar-refractivity contribution is 9.10. The summed E-state index contributed by atoms with van der Waals surface area (Å²) in [5, 5.41) is 11.3. The van der Waals surface area contributed by atoms with E-state index in [0.717, 1.165) is 0 Å². The molecule has 1 rings (SSSR count). The molecule has 0 aliphatic rings. The van der Waals surface area contributed by atoms with Crippen LogP contribution in [0.2, 0.25) is 0 Å². The monoisotopic (exact) mass is 277 g/mol. The molecule has 0 bridgehead atoms. The van der Waals surface area contributed by atoms with Crippen LogP contribution in [0.3, 0.4) is 0 Å². The molecule has 15 heavy (non-hydrogen) atoms. The third kappa shape index (κ3) is 4.59. The van der Waals surface area contributed by atoms with E-state index < -0.39 is 0 Å². The van der Waals surface area contributed by atoms with E-state index in [0.29, 0.717) is 29.9 Å². The Labute approximate surface area is 96.4 Å². The molecule has 0 saturated heterocycles. The van der Waals surface area contributed by atoms with Crippen molar-refractivity contribution >= 4 is 21.6 Å². The average molecular weight is 278 g/mol. The molecule has 84 valence electrons. The van der Waals surface area contributed by atoms with Gasteiger partial charge in [0.25, 0.3) is 0 Å². The maximum Gasteiger partial charge on any atom is 0.147 e. The van der Waals surface area contributed by atoms with Crippen molar-refractivity contribution in [3.63, 3.8) is 0 Å². The van der Waals surface area contributed by atoms with Crippen LogP contribution in [-0.2, 0) is 4.74 Å². The smallest absolute Gasteiger partial charge is 0.147 e. The summed E-state index contributed by atoms with van der Waals surface area (Å²) in [5.41, 5.74) is 0.450. The van der Waals surface area contributed by atoms with Crippen LogP contribution in [-0.4, -0.2) is 31.5 Å². The van der Waals surface area contributed by atoms with Crippen molar-refractivity contribution in [2.75, 3.05) is 31.7 Å². The van der Waals surface area contributed by atoms with E-state index in [4.69, 9.17) is 9.84 Å². The molecular weight excluding hydrogens is 265 g/mol. The highest BCUT2D eigenvalue weighted by Gasteiger charge is 2.00. The molecule has 0 aromatic heterocycles. The lowest BCUT2D eigenvalue weighted by Crippen LogP contribution is -2.12. The molecule has 0 aliphatic carbocycles. The van der Waals surface area contributed by atoms with Gasteiger partial charge in [-0.15, -0.1) is 0 Å². The third-order valence-corrected chi connectivity index (χ3v) is 2.22. The molecule has 0 amide bonds. The van der Waals surface area contributed by atoms with Crippen LogP contribution < -0.4 is 5.32 Å². The Kier molecular flexibility index (Phi) is 5.60. The third-order valence-electron chi connectivity index (χ3n) is 1.73. The van der Waals surface area contributed by atoms with Gasteiger partial charge in [-0.2, -0.15) is 0 Å². The van der Waals surface area contributed by atoms with Gasteiger partial charge < -0.3 is 15.2 Å². The van der Waals surface area contributed by atoms with Gasteiger partial charge in [-0.25, -0.2) is 4.39 Å². The van der Waals surface area contributed by atoms with Gasteiger partial charge in [-0.05, 0) is 18.2 Å². The van der Waals surface area contributed by atoms with Crippen molar-refractivity contribution in [1.29, 1.82) is 0 Å². The van der Waals surface area contributed by atoms with Crippen LogP contribution in [0.25, 0.3) is 0 Å². The summed E-state index contributed by atoms with van der Waals surface area (Å²) < 4.78 is 19.0. The lowest BCUT2D eigenvalue weighted by molar-refractivity contribution is 0.0992. The summed E-state index contributed by atoms with van der Waals surface area (Å²) in [6.45, 7) is 1.27. The second-order valence-corrected chi connectivity index (χ2v) is 3.80. The van der Waals surface area contributed by atoms with Crippen LogP contribution in [0, 0.1) is 5.82 Å². The SMILES string of the molecule is OCCOCCNc1ccc(Br)cc1F. The van der Waals surface area contributed by atoms with Gasteiger partial charge in [0.15, 0.2) is 0 Å². The normalized spacial score (nSPS) is 10.3. The standard InChI is InChI=1S/C10H13BrFNO2/c11-8-1-2-10(9(12)7-8)13-3-5-15-6-4-14/h1-2,7,13-14H,3-6H2. The molecule has 0 fully saturated rings. The van der Waals surface area contributed by atoms with E-state index in [9.17, 15) is 4.39 Å². The Morgan fingerprint density at radius 2 is 2.20 bits per heavy atom. The van der Waals surface area contributed by atoms with Gasteiger partial charge in [0.2, 0.25) is 0 Å². The van der Waals surface area contributed by atoms with Crippen LogP contribution in [0.4, 0.5) is 10.1 Å². The number of benzene rings is 1. The van der Waals surface area contributed by atoms with E-state index in [1.807, 2.05) is 0 Å². The van der Waals surface area contributed by atoms with Crippen LogP contribution in [0.1, 0.15) is 0 Å². The minimum absolute atomic E-state index is 0.00659. The Hall–Kier alpha value is -0.650. The predicted molar refractivity (Wildman–Crippen MR) is 60.5 cm³/mol. The number of aliphatic hydroxyl groups excluding tert-OH is 1. The fourth-order valence-corrected chi connectivity index (χ4v) is 1.39. The van der Waals surface area contributed by atoms with Crippen molar-refractivity contribution in [3.05, 3.63) is 28.5 Å². The number of anilines is 1. The predicted octanol–water partition coefficient (Wildman–Crippen LogP) is 2.01. The highest BCUT2D eigenvalue weighted by Crippen LogP contribution is 2.18. The molecule has 1 aromatic carbocycles. The lowest BCUT2D eigenvalue weighted by Gasteiger charge is -2.07. The first kappa shape index (κ1) is 12.4. The number of rotatable bonds is 6. The summed E-state index contributed by atoms with van der Waals surface area (Å²) in [6.07, 6.45) is 0. The van der Waals surface area contributed by atoms with E-state index in [1.54, 1.807) is 12.1 Å². The van der Waals surface area contributed by atoms with Crippen LogP contribution in [0.5, 0.6) is 0 Å². The Morgan fingerprint density at radius 1 is 1.40 bits per heavy atom. The zero-order valence-corrected chi connectivity index (χ0v) is 9.76. The van der Waals surface area contributed by atoms with Gasteiger partial charge in [-0.3, -0.25) is 0 Å². The first-order chi connectivity index (χ1) is 7.24. The zero-order valence-electron chi connectivity index (χ0n) is 8.17. The summed E-state index contributed by atoms with van der Waals surface area (Å²) >= 11 is 3.18. The summed E-state index contributed by atoms with van der Waals surface area (Å²) in [4.78, 5) is 0. The number of hydrogen-bond acceptors (Lipinski definition) is 3. The minimum Gasteiger partial charge on any atom is -0.394 e. The topological polar surface area (TPSA) is 41.5 Å². The molecule has 0 unspecified atom stereocenters.